The second-order valence-electron chi connectivity index (χ2n) is 6.04. The van der Waals surface area contributed by atoms with Gasteiger partial charge in [0.05, 0.1) is 6.61 Å². The first kappa shape index (κ1) is 17.5. The Labute approximate surface area is 137 Å². The third kappa shape index (κ3) is 3.93. The number of likely N-dealkylation sites (tertiary alicyclic amines) is 1. The molecule has 130 valence electrons. The lowest BCUT2D eigenvalue weighted by molar-refractivity contribution is -0.125. The van der Waals surface area contributed by atoms with Crippen LogP contribution in [0.5, 0.6) is 0 Å². The van der Waals surface area contributed by atoms with E-state index in [-0.39, 0.29) is 11.8 Å². The predicted molar refractivity (Wildman–Crippen MR) is 87.2 cm³/mol. The van der Waals surface area contributed by atoms with Gasteiger partial charge in [0.2, 0.25) is 0 Å². The Morgan fingerprint density at radius 2 is 2.13 bits per heavy atom. The van der Waals surface area contributed by atoms with Crippen molar-refractivity contribution < 1.29 is 14.3 Å². The molecule has 2 aliphatic heterocycles. The smallest absolute Gasteiger partial charge is 0.322 e. The van der Waals surface area contributed by atoms with Crippen LogP contribution in [0.4, 0.5) is 4.79 Å². The largest absolute Gasteiger partial charge is 0.380 e. The molecule has 2 aliphatic rings. The fourth-order valence-electron chi connectivity index (χ4n) is 3.22. The molecule has 0 saturated carbocycles. The van der Waals surface area contributed by atoms with Crippen LogP contribution >= 0.6 is 0 Å². The van der Waals surface area contributed by atoms with E-state index in [1.807, 2.05) is 13.8 Å². The monoisotopic (exact) mass is 325 g/mol. The van der Waals surface area contributed by atoms with Crippen molar-refractivity contribution in [1.82, 2.24) is 20.9 Å². The highest BCUT2D eigenvalue weighted by Gasteiger charge is 2.48. The molecule has 2 fully saturated rings. The van der Waals surface area contributed by atoms with Crippen LogP contribution in [0, 0.1) is 5.92 Å². The van der Waals surface area contributed by atoms with Crippen molar-refractivity contribution in [2.45, 2.75) is 32.2 Å². The van der Waals surface area contributed by atoms with E-state index < -0.39 is 11.6 Å². The van der Waals surface area contributed by atoms with Crippen molar-refractivity contribution in [2.75, 3.05) is 39.9 Å². The Bertz CT molecular complexity index is 474. The summed E-state index contributed by atoms with van der Waals surface area (Å²) in [4.78, 5) is 29.9. The highest BCUT2D eigenvalue weighted by atomic mass is 16.5. The second-order valence-corrected chi connectivity index (χ2v) is 6.04. The summed E-state index contributed by atoms with van der Waals surface area (Å²) in [6.07, 6.45) is 1.66. The molecule has 2 rings (SSSR count). The Kier molecular flexibility index (Phi) is 5.81. The van der Waals surface area contributed by atoms with Gasteiger partial charge in [0, 0.05) is 33.3 Å². The first-order valence-corrected chi connectivity index (χ1v) is 8.18. The molecule has 0 bridgehead atoms. The number of amides is 3. The molecule has 0 aliphatic carbocycles. The van der Waals surface area contributed by atoms with Crippen molar-refractivity contribution in [2.24, 2.45) is 10.9 Å². The van der Waals surface area contributed by atoms with Gasteiger partial charge in [-0.3, -0.25) is 15.1 Å². The lowest BCUT2D eigenvalue weighted by Gasteiger charge is -2.39. The van der Waals surface area contributed by atoms with Crippen LogP contribution in [-0.4, -0.2) is 68.2 Å². The number of piperidine rings is 1. The number of imide groups is 1. The number of nitrogens with one attached hydrogen (secondary N) is 3. The van der Waals surface area contributed by atoms with Crippen LogP contribution in [0.25, 0.3) is 0 Å². The molecule has 8 heteroatoms. The Morgan fingerprint density at radius 1 is 1.43 bits per heavy atom. The van der Waals surface area contributed by atoms with Crippen molar-refractivity contribution in [3.8, 4) is 0 Å². The molecular weight excluding hydrogens is 298 g/mol. The molecule has 0 radical (unpaired) electrons. The van der Waals surface area contributed by atoms with Crippen LogP contribution in [0.3, 0.4) is 0 Å². The molecule has 23 heavy (non-hydrogen) atoms. The molecule has 3 N–H and O–H groups in total. The summed E-state index contributed by atoms with van der Waals surface area (Å²) < 4.78 is 5.31. The first-order valence-electron chi connectivity index (χ1n) is 8.18. The number of guanidine groups is 1. The number of hydrogen-bond acceptors (Lipinski definition) is 4. The molecule has 0 spiro atoms. The van der Waals surface area contributed by atoms with Crippen molar-refractivity contribution >= 4 is 17.9 Å². The minimum absolute atomic E-state index is 0.131. The Hall–Kier alpha value is -1.83. The number of carbonyl (C=O) groups is 2. The summed E-state index contributed by atoms with van der Waals surface area (Å²) >= 11 is 0. The minimum atomic E-state index is -0.797. The van der Waals surface area contributed by atoms with Gasteiger partial charge in [0.1, 0.15) is 5.54 Å². The normalized spacial score (nSPS) is 26.2. The van der Waals surface area contributed by atoms with Crippen LogP contribution in [0.1, 0.15) is 26.7 Å². The molecule has 8 nitrogen and oxygen atoms in total. The van der Waals surface area contributed by atoms with E-state index in [4.69, 9.17) is 4.74 Å². The summed E-state index contributed by atoms with van der Waals surface area (Å²) in [5.74, 6) is 0.764. The summed E-state index contributed by atoms with van der Waals surface area (Å²) in [6, 6.07) is -0.395. The maximum Gasteiger partial charge on any atom is 0.322 e. The van der Waals surface area contributed by atoms with Gasteiger partial charge in [-0.05, 0) is 32.6 Å². The minimum Gasteiger partial charge on any atom is -0.380 e. The first-order chi connectivity index (χ1) is 11.0. The van der Waals surface area contributed by atoms with Crippen molar-refractivity contribution in [1.29, 1.82) is 0 Å². The molecule has 2 saturated heterocycles. The van der Waals surface area contributed by atoms with Gasteiger partial charge in [0.15, 0.2) is 5.96 Å². The zero-order chi connectivity index (χ0) is 16.9. The molecule has 0 aromatic heterocycles. The van der Waals surface area contributed by atoms with Crippen LogP contribution < -0.4 is 16.0 Å². The van der Waals surface area contributed by atoms with Gasteiger partial charge in [-0.2, -0.15) is 0 Å². The highest BCUT2D eigenvalue weighted by molar-refractivity contribution is 6.07. The number of ether oxygens (including phenoxy) is 1. The van der Waals surface area contributed by atoms with Crippen LogP contribution in [-0.2, 0) is 9.53 Å². The number of rotatable bonds is 5. The highest BCUT2D eigenvalue weighted by Crippen LogP contribution is 2.30. The summed E-state index contributed by atoms with van der Waals surface area (Å²) in [5, 5.41) is 8.40. The average molecular weight is 325 g/mol. The standard InChI is InChI=1S/C15H27N5O3/c1-4-23-10-7-17-13(16-3)20-8-5-11(6-9-20)15(2)12(21)18-14(22)19-15/h11H,4-10H2,1-3H3,(H,16,17)(H2,18,19,21,22). The van der Waals surface area contributed by atoms with Gasteiger partial charge in [-0.1, -0.05) is 0 Å². The SMILES string of the molecule is CCOCCNC(=NC)N1CCC(C2(C)NC(=O)NC2=O)CC1. The summed E-state index contributed by atoms with van der Waals surface area (Å²) in [5.41, 5.74) is -0.797. The third-order valence-corrected chi connectivity index (χ3v) is 4.63. The molecule has 0 aromatic rings. The molecule has 1 unspecified atom stereocenters. The van der Waals surface area contributed by atoms with Gasteiger partial charge in [0.25, 0.3) is 5.91 Å². The van der Waals surface area contributed by atoms with E-state index >= 15 is 0 Å². The quantitative estimate of drug-likeness (QED) is 0.284. The molecule has 1 atom stereocenters. The summed E-state index contributed by atoms with van der Waals surface area (Å²) in [6.45, 7) is 7.46. The van der Waals surface area contributed by atoms with E-state index in [0.29, 0.717) is 13.2 Å². The van der Waals surface area contributed by atoms with E-state index in [0.717, 1.165) is 38.4 Å². The number of hydrogen-bond donors (Lipinski definition) is 3. The molecule has 3 amide bonds. The van der Waals surface area contributed by atoms with E-state index in [1.165, 1.54) is 0 Å². The van der Waals surface area contributed by atoms with E-state index in [2.05, 4.69) is 25.8 Å². The zero-order valence-electron chi connectivity index (χ0n) is 14.1. The van der Waals surface area contributed by atoms with E-state index in [1.54, 1.807) is 7.05 Å². The summed E-state index contributed by atoms with van der Waals surface area (Å²) in [7, 11) is 1.76. The molecule has 2 heterocycles. The van der Waals surface area contributed by atoms with Gasteiger partial charge < -0.3 is 20.3 Å². The number of carbonyl (C=O) groups excluding carboxylic acids is 2. The molecular formula is C15H27N5O3. The zero-order valence-corrected chi connectivity index (χ0v) is 14.1. The lowest BCUT2D eigenvalue weighted by atomic mass is 9.79. The number of aliphatic imine (C=N–C) groups is 1. The average Bonchev–Trinajstić information content (AvgIpc) is 2.81. The number of nitrogens with zero attached hydrogens (tertiary/aromatic N) is 2. The number of urea groups is 1. The van der Waals surface area contributed by atoms with Crippen molar-refractivity contribution in [3.63, 3.8) is 0 Å². The van der Waals surface area contributed by atoms with Crippen molar-refractivity contribution in [3.05, 3.63) is 0 Å². The van der Waals surface area contributed by atoms with E-state index in [9.17, 15) is 9.59 Å². The van der Waals surface area contributed by atoms with Gasteiger partial charge in [-0.25, -0.2) is 4.79 Å². The van der Waals surface area contributed by atoms with Crippen LogP contribution in [0.15, 0.2) is 4.99 Å². The molecule has 0 aromatic carbocycles. The van der Waals surface area contributed by atoms with Crippen LogP contribution in [0.2, 0.25) is 0 Å². The Morgan fingerprint density at radius 3 is 2.65 bits per heavy atom. The van der Waals surface area contributed by atoms with Gasteiger partial charge in [-0.15, -0.1) is 0 Å². The third-order valence-electron chi connectivity index (χ3n) is 4.63. The predicted octanol–water partition coefficient (Wildman–Crippen LogP) is -0.0916. The van der Waals surface area contributed by atoms with Gasteiger partial charge >= 0.3 is 6.03 Å². The maximum atomic E-state index is 12.0. The second kappa shape index (κ2) is 7.63. The Balaban J connectivity index is 1.85. The fraction of sp³-hybridized carbons (Fsp3) is 0.800. The maximum absolute atomic E-state index is 12.0. The fourth-order valence-corrected chi connectivity index (χ4v) is 3.22. The topological polar surface area (TPSA) is 95.1 Å². The lowest BCUT2D eigenvalue weighted by Crippen LogP contribution is -2.55.